The average Bonchev–Trinajstić information content (AvgIpc) is 2.40. The molecule has 1 aromatic heterocycles. The number of nitriles is 1. The number of piperazine rings is 1. The highest BCUT2D eigenvalue weighted by molar-refractivity contribution is 5.42. The van der Waals surface area contributed by atoms with Gasteiger partial charge in [0.2, 0.25) is 0 Å². The van der Waals surface area contributed by atoms with E-state index >= 15 is 0 Å². The second-order valence-corrected chi connectivity index (χ2v) is 4.13. The maximum Gasteiger partial charge on any atom is 0.128 e. The summed E-state index contributed by atoms with van der Waals surface area (Å²) in [6, 6.07) is 5.81. The quantitative estimate of drug-likeness (QED) is 0.795. The fourth-order valence-corrected chi connectivity index (χ4v) is 2.02. The van der Waals surface area contributed by atoms with Gasteiger partial charge in [-0.15, -0.1) is 0 Å². The van der Waals surface area contributed by atoms with Crippen LogP contribution in [0.15, 0.2) is 18.3 Å². The predicted octanol–water partition coefficient (Wildman–Crippen LogP) is 0.0340. The number of hydrogen-bond donors (Lipinski definition) is 1. The van der Waals surface area contributed by atoms with Gasteiger partial charge < -0.3 is 10.6 Å². The highest BCUT2D eigenvalue weighted by Crippen LogP contribution is 2.13. The number of rotatable bonds is 3. The van der Waals surface area contributed by atoms with Crippen molar-refractivity contribution in [2.75, 3.05) is 44.2 Å². The summed E-state index contributed by atoms with van der Waals surface area (Å²) in [4.78, 5) is 8.91. The van der Waals surface area contributed by atoms with Crippen LogP contribution in [0.5, 0.6) is 0 Å². The van der Waals surface area contributed by atoms with Gasteiger partial charge in [0.15, 0.2) is 0 Å². The molecule has 0 aromatic carbocycles. The van der Waals surface area contributed by atoms with Crippen molar-refractivity contribution in [2.45, 2.75) is 0 Å². The number of anilines is 1. The number of nitrogens with zero attached hydrogens (tertiary/aromatic N) is 4. The van der Waals surface area contributed by atoms with Gasteiger partial charge in [0.05, 0.1) is 5.56 Å². The Hall–Kier alpha value is -1.64. The Bertz CT molecular complexity index is 386. The minimum Gasteiger partial charge on any atom is -0.354 e. The first-order valence-corrected chi connectivity index (χ1v) is 5.87. The van der Waals surface area contributed by atoms with Crippen LogP contribution in [0.3, 0.4) is 0 Å². The van der Waals surface area contributed by atoms with Gasteiger partial charge in [-0.05, 0) is 12.1 Å². The molecule has 0 spiro atoms. The first-order chi connectivity index (χ1) is 8.33. The van der Waals surface area contributed by atoms with Crippen LogP contribution in [-0.4, -0.2) is 49.2 Å². The van der Waals surface area contributed by atoms with E-state index in [2.05, 4.69) is 20.9 Å². The van der Waals surface area contributed by atoms with Gasteiger partial charge in [0.1, 0.15) is 11.9 Å². The third-order valence-electron chi connectivity index (χ3n) is 3.02. The van der Waals surface area contributed by atoms with E-state index < -0.39 is 0 Å². The van der Waals surface area contributed by atoms with Crippen LogP contribution in [0, 0.1) is 11.3 Å². The van der Waals surface area contributed by atoms with Crippen molar-refractivity contribution in [2.24, 2.45) is 5.73 Å². The van der Waals surface area contributed by atoms with Gasteiger partial charge in [-0.1, -0.05) is 0 Å². The Morgan fingerprint density at radius 3 is 2.59 bits per heavy atom. The van der Waals surface area contributed by atoms with E-state index in [0.29, 0.717) is 5.56 Å². The molecule has 0 bridgehead atoms. The smallest absolute Gasteiger partial charge is 0.128 e. The van der Waals surface area contributed by atoms with Crippen molar-refractivity contribution in [3.8, 4) is 6.07 Å². The number of hydrogen-bond acceptors (Lipinski definition) is 5. The summed E-state index contributed by atoms with van der Waals surface area (Å²) >= 11 is 0. The fraction of sp³-hybridized carbons (Fsp3) is 0.500. The number of aromatic nitrogens is 1. The molecule has 1 fully saturated rings. The van der Waals surface area contributed by atoms with Crippen LogP contribution in [0.1, 0.15) is 5.56 Å². The van der Waals surface area contributed by atoms with Crippen molar-refractivity contribution in [3.05, 3.63) is 23.9 Å². The van der Waals surface area contributed by atoms with Gasteiger partial charge in [0, 0.05) is 45.5 Å². The summed E-state index contributed by atoms with van der Waals surface area (Å²) in [6.45, 7) is 5.68. The van der Waals surface area contributed by atoms with Gasteiger partial charge in [0.25, 0.3) is 0 Å². The number of pyridine rings is 1. The van der Waals surface area contributed by atoms with E-state index in [1.165, 1.54) is 0 Å². The second kappa shape index (κ2) is 5.62. The zero-order chi connectivity index (χ0) is 12.1. The van der Waals surface area contributed by atoms with Crippen molar-refractivity contribution in [3.63, 3.8) is 0 Å². The molecule has 0 amide bonds. The van der Waals surface area contributed by atoms with Crippen molar-refractivity contribution >= 4 is 5.82 Å². The van der Waals surface area contributed by atoms with Crippen LogP contribution >= 0.6 is 0 Å². The molecule has 1 aliphatic rings. The molecule has 1 aromatic rings. The van der Waals surface area contributed by atoms with E-state index in [-0.39, 0.29) is 0 Å². The molecular formula is C12H17N5. The molecule has 2 rings (SSSR count). The lowest BCUT2D eigenvalue weighted by Gasteiger charge is -2.35. The molecule has 0 radical (unpaired) electrons. The molecule has 5 heteroatoms. The number of nitrogens with two attached hydrogens (primary N) is 1. The maximum absolute atomic E-state index is 8.71. The fourth-order valence-electron chi connectivity index (χ4n) is 2.02. The lowest BCUT2D eigenvalue weighted by atomic mass is 10.2. The molecule has 2 heterocycles. The molecule has 0 atom stereocenters. The summed E-state index contributed by atoms with van der Waals surface area (Å²) in [5, 5.41) is 8.71. The van der Waals surface area contributed by atoms with Crippen LogP contribution in [-0.2, 0) is 0 Å². The Morgan fingerprint density at radius 1 is 1.29 bits per heavy atom. The van der Waals surface area contributed by atoms with Crippen molar-refractivity contribution < 1.29 is 0 Å². The first-order valence-electron chi connectivity index (χ1n) is 5.87. The SMILES string of the molecule is N#Cc1ccc(N2CCN(CCN)CC2)nc1. The van der Waals surface area contributed by atoms with E-state index in [4.69, 9.17) is 11.0 Å². The van der Waals surface area contributed by atoms with Crippen LogP contribution in [0.4, 0.5) is 5.82 Å². The normalized spacial score (nSPS) is 16.8. The summed E-state index contributed by atoms with van der Waals surface area (Å²) in [5.41, 5.74) is 6.15. The van der Waals surface area contributed by atoms with Gasteiger partial charge in [-0.25, -0.2) is 4.98 Å². The lowest BCUT2D eigenvalue weighted by molar-refractivity contribution is 0.264. The van der Waals surface area contributed by atoms with Crippen molar-refractivity contribution in [1.82, 2.24) is 9.88 Å². The molecule has 2 N–H and O–H groups in total. The average molecular weight is 231 g/mol. The van der Waals surface area contributed by atoms with Crippen LogP contribution in [0.25, 0.3) is 0 Å². The molecule has 17 heavy (non-hydrogen) atoms. The zero-order valence-corrected chi connectivity index (χ0v) is 9.84. The molecule has 1 aliphatic heterocycles. The third kappa shape index (κ3) is 2.93. The minimum absolute atomic E-state index is 0.607. The molecule has 0 unspecified atom stereocenters. The Kier molecular flexibility index (Phi) is 3.91. The Balaban J connectivity index is 1.94. The molecule has 1 saturated heterocycles. The van der Waals surface area contributed by atoms with Gasteiger partial charge in [-0.2, -0.15) is 5.26 Å². The molecule has 0 saturated carbocycles. The standard InChI is InChI=1S/C12H17N5/c13-3-4-16-5-7-17(8-6-16)12-2-1-11(9-14)10-15-12/h1-2,10H,3-8,13H2. The maximum atomic E-state index is 8.71. The van der Waals surface area contributed by atoms with Crippen LogP contribution < -0.4 is 10.6 Å². The van der Waals surface area contributed by atoms with E-state index in [0.717, 1.165) is 45.1 Å². The summed E-state index contributed by atoms with van der Waals surface area (Å²) in [5.74, 6) is 0.955. The van der Waals surface area contributed by atoms with E-state index in [1.54, 1.807) is 6.20 Å². The molecular weight excluding hydrogens is 214 g/mol. The summed E-state index contributed by atoms with van der Waals surface area (Å²) in [6.07, 6.45) is 1.63. The zero-order valence-electron chi connectivity index (χ0n) is 9.84. The van der Waals surface area contributed by atoms with Crippen molar-refractivity contribution in [1.29, 1.82) is 5.26 Å². The largest absolute Gasteiger partial charge is 0.354 e. The first kappa shape index (κ1) is 11.8. The van der Waals surface area contributed by atoms with Crippen LogP contribution in [0.2, 0.25) is 0 Å². The van der Waals surface area contributed by atoms with E-state index in [9.17, 15) is 0 Å². The Morgan fingerprint density at radius 2 is 2.06 bits per heavy atom. The summed E-state index contributed by atoms with van der Waals surface area (Å²) in [7, 11) is 0. The third-order valence-corrected chi connectivity index (χ3v) is 3.02. The summed E-state index contributed by atoms with van der Waals surface area (Å²) < 4.78 is 0. The molecule has 0 aliphatic carbocycles. The monoisotopic (exact) mass is 231 g/mol. The topological polar surface area (TPSA) is 69.2 Å². The van der Waals surface area contributed by atoms with E-state index in [1.807, 2.05) is 12.1 Å². The van der Waals surface area contributed by atoms with Gasteiger partial charge >= 0.3 is 0 Å². The predicted molar refractivity (Wildman–Crippen MR) is 66.7 cm³/mol. The van der Waals surface area contributed by atoms with Gasteiger partial charge in [-0.3, -0.25) is 4.90 Å². The lowest BCUT2D eigenvalue weighted by Crippen LogP contribution is -2.48. The molecule has 90 valence electrons. The highest BCUT2D eigenvalue weighted by Gasteiger charge is 2.16. The Labute approximate surface area is 101 Å². The highest BCUT2D eigenvalue weighted by atomic mass is 15.3. The minimum atomic E-state index is 0.607. The second-order valence-electron chi connectivity index (χ2n) is 4.13. The molecule has 5 nitrogen and oxygen atoms in total.